The second kappa shape index (κ2) is 9.60. The zero-order valence-corrected chi connectivity index (χ0v) is 17.1. The van der Waals surface area contributed by atoms with Gasteiger partial charge in [-0.2, -0.15) is 0 Å². The molecule has 0 atom stereocenters. The Morgan fingerprint density at radius 3 is 2.46 bits per heavy atom. The fraction of sp³-hybridized carbons (Fsp3) is 0.435. The number of hydrogen-bond donors (Lipinski definition) is 0. The van der Waals surface area contributed by atoms with Gasteiger partial charge in [-0.3, -0.25) is 9.69 Å². The molecule has 0 N–H and O–H groups in total. The van der Waals surface area contributed by atoms with E-state index in [1.807, 2.05) is 42.2 Å². The molecule has 2 aromatic rings. The van der Waals surface area contributed by atoms with E-state index in [-0.39, 0.29) is 5.91 Å². The van der Waals surface area contributed by atoms with Crippen molar-refractivity contribution in [3.63, 3.8) is 0 Å². The standard InChI is InChI=1S/C23H30N2O3/c1-18-5-10-22(28-3)20(15-18)16-23(26)25-12-4-11-24(13-14-25)17-19-6-8-21(27-2)9-7-19/h5-10,15H,4,11-14,16-17H2,1-3H3. The zero-order chi connectivity index (χ0) is 19.9. The number of aryl methyl sites for hydroxylation is 1. The van der Waals surface area contributed by atoms with E-state index in [0.29, 0.717) is 6.42 Å². The lowest BCUT2D eigenvalue weighted by molar-refractivity contribution is -0.130. The Morgan fingerprint density at radius 2 is 1.75 bits per heavy atom. The molecular weight excluding hydrogens is 352 g/mol. The molecule has 1 amide bonds. The zero-order valence-electron chi connectivity index (χ0n) is 17.1. The Kier molecular flexibility index (Phi) is 6.93. The molecule has 1 saturated heterocycles. The maximum Gasteiger partial charge on any atom is 0.227 e. The minimum absolute atomic E-state index is 0.176. The number of hydrogen-bond acceptors (Lipinski definition) is 4. The highest BCUT2D eigenvalue weighted by molar-refractivity contribution is 5.79. The van der Waals surface area contributed by atoms with Crippen LogP contribution in [-0.2, 0) is 17.8 Å². The minimum Gasteiger partial charge on any atom is -0.497 e. The van der Waals surface area contributed by atoms with Crippen LogP contribution in [0.1, 0.15) is 23.1 Å². The summed E-state index contributed by atoms with van der Waals surface area (Å²) in [6.45, 7) is 6.41. The predicted molar refractivity (Wildman–Crippen MR) is 111 cm³/mol. The first-order valence-electron chi connectivity index (χ1n) is 9.85. The van der Waals surface area contributed by atoms with Gasteiger partial charge in [0.25, 0.3) is 0 Å². The largest absolute Gasteiger partial charge is 0.497 e. The Bertz CT molecular complexity index is 789. The van der Waals surface area contributed by atoms with Crippen LogP contribution in [0.5, 0.6) is 11.5 Å². The Balaban J connectivity index is 1.57. The van der Waals surface area contributed by atoms with Crippen LogP contribution in [0.15, 0.2) is 42.5 Å². The monoisotopic (exact) mass is 382 g/mol. The maximum absolute atomic E-state index is 12.9. The maximum atomic E-state index is 12.9. The third kappa shape index (κ3) is 5.26. The van der Waals surface area contributed by atoms with Crippen LogP contribution in [0.4, 0.5) is 0 Å². The molecule has 0 aromatic heterocycles. The van der Waals surface area contributed by atoms with Crippen LogP contribution >= 0.6 is 0 Å². The van der Waals surface area contributed by atoms with Crippen LogP contribution < -0.4 is 9.47 Å². The van der Waals surface area contributed by atoms with E-state index in [0.717, 1.165) is 61.8 Å². The molecule has 1 aliphatic heterocycles. The third-order valence-electron chi connectivity index (χ3n) is 5.28. The van der Waals surface area contributed by atoms with Gasteiger partial charge in [0.2, 0.25) is 5.91 Å². The van der Waals surface area contributed by atoms with Crippen molar-refractivity contribution in [2.24, 2.45) is 0 Å². The molecule has 5 heteroatoms. The molecule has 0 spiro atoms. The average molecular weight is 383 g/mol. The summed E-state index contributed by atoms with van der Waals surface area (Å²) in [6.07, 6.45) is 1.39. The molecule has 150 valence electrons. The summed E-state index contributed by atoms with van der Waals surface area (Å²) in [6, 6.07) is 14.2. The molecule has 5 nitrogen and oxygen atoms in total. The predicted octanol–water partition coefficient (Wildman–Crippen LogP) is 3.29. The van der Waals surface area contributed by atoms with Gasteiger partial charge < -0.3 is 14.4 Å². The Labute approximate surface area is 167 Å². The molecule has 0 bridgehead atoms. The first-order chi connectivity index (χ1) is 13.6. The van der Waals surface area contributed by atoms with E-state index < -0.39 is 0 Å². The summed E-state index contributed by atoms with van der Waals surface area (Å²) in [4.78, 5) is 17.3. The van der Waals surface area contributed by atoms with E-state index in [9.17, 15) is 4.79 Å². The number of nitrogens with zero attached hydrogens (tertiary/aromatic N) is 2. The van der Waals surface area contributed by atoms with Gasteiger partial charge in [0.1, 0.15) is 11.5 Å². The molecule has 0 saturated carbocycles. The summed E-state index contributed by atoms with van der Waals surface area (Å²) in [5, 5.41) is 0. The first kappa shape index (κ1) is 20.2. The molecule has 3 rings (SSSR count). The summed E-state index contributed by atoms with van der Waals surface area (Å²) in [5.74, 6) is 1.84. The van der Waals surface area contributed by atoms with Crippen molar-refractivity contribution in [1.29, 1.82) is 0 Å². The molecule has 1 heterocycles. The first-order valence-corrected chi connectivity index (χ1v) is 9.85. The van der Waals surface area contributed by atoms with Gasteiger partial charge in [0, 0.05) is 38.3 Å². The molecule has 28 heavy (non-hydrogen) atoms. The molecule has 0 aliphatic carbocycles. The van der Waals surface area contributed by atoms with Crippen LogP contribution in [0.25, 0.3) is 0 Å². The van der Waals surface area contributed by atoms with Gasteiger partial charge in [-0.25, -0.2) is 0 Å². The Morgan fingerprint density at radius 1 is 0.964 bits per heavy atom. The topological polar surface area (TPSA) is 42.0 Å². The van der Waals surface area contributed by atoms with E-state index in [4.69, 9.17) is 9.47 Å². The van der Waals surface area contributed by atoms with Gasteiger partial charge in [-0.15, -0.1) is 0 Å². The van der Waals surface area contributed by atoms with E-state index >= 15 is 0 Å². The normalized spacial score (nSPS) is 15.2. The highest BCUT2D eigenvalue weighted by Crippen LogP contribution is 2.21. The summed E-state index contributed by atoms with van der Waals surface area (Å²) in [5.41, 5.74) is 3.38. The highest BCUT2D eigenvalue weighted by atomic mass is 16.5. The fourth-order valence-electron chi connectivity index (χ4n) is 3.69. The van der Waals surface area contributed by atoms with Crippen molar-refractivity contribution in [2.75, 3.05) is 40.4 Å². The third-order valence-corrected chi connectivity index (χ3v) is 5.28. The molecule has 2 aromatic carbocycles. The second-order valence-corrected chi connectivity index (χ2v) is 7.35. The number of benzene rings is 2. The number of carbonyl (C=O) groups excluding carboxylic acids is 1. The number of ether oxygens (including phenoxy) is 2. The average Bonchev–Trinajstić information content (AvgIpc) is 2.94. The van der Waals surface area contributed by atoms with Crippen molar-refractivity contribution in [3.8, 4) is 11.5 Å². The molecule has 0 unspecified atom stereocenters. The number of amides is 1. The van der Waals surface area contributed by atoms with Gasteiger partial charge >= 0.3 is 0 Å². The SMILES string of the molecule is COc1ccc(CN2CCCN(C(=O)Cc3cc(C)ccc3OC)CC2)cc1. The van der Waals surface area contributed by atoms with Crippen LogP contribution in [0.3, 0.4) is 0 Å². The van der Waals surface area contributed by atoms with Gasteiger partial charge in [0.05, 0.1) is 20.6 Å². The summed E-state index contributed by atoms with van der Waals surface area (Å²) >= 11 is 0. The van der Waals surface area contributed by atoms with Crippen molar-refractivity contribution in [3.05, 3.63) is 59.2 Å². The lowest BCUT2D eigenvalue weighted by atomic mass is 10.1. The molecular formula is C23H30N2O3. The Hall–Kier alpha value is -2.53. The van der Waals surface area contributed by atoms with Crippen LogP contribution in [0.2, 0.25) is 0 Å². The van der Waals surface area contributed by atoms with Gasteiger partial charge in [-0.1, -0.05) is 29.8 Å². The van der Waals surface area contributed by atoms with E-state index in [2.05, 4.69) is 17.0 Å². The fourth-order valence-corrected chi connectivity index (χ4v) is 3.69. The van der Waals surface area contributed by atoms with Crippen LogP contribution in [0, 0.1) is 6.92 Å². The summed E-state index contributed by atoms with van der Waals surface area (Å²) in [7, 11) is 3.34. The smallest absolute Gasteiger partial charge is 0.227 e. The van der Waals surface area contributed by atoms with Crippen molar-refractivity contribution in [1.82, 2.24) is 9.80 Å². The van der Waals surface area contributed by atoms with Crippen molar-refractivity contribution < 1.29 is 14.3 Å². The summed E-state index contributed by atoms with van der Waals surface area (Å²) < 4.78 is 10.7. The lowest BCUT2D eigenvalue weighted by Gasteiger charge is -2.22. The number of methoxy groups -OCH3 is 2. The quantitative estimate of drug-likeness (QED) is 0.769. The lowest BCUT2D eigenvalue weighted by Crippen LogP contribution is -2.36. The van der Waals surface area contributed by atoms with Crippen molar-refractivity contribution >= 4 is 5.91 Å². The van der Waals surface area contributed by atoms with Gasteiger partial charge in [0.15, 0.2) is 0 Å². The molecule has 0 radical (unpaired) electrons. The minimum atomic E-state index is 0.176. The van der Waals surface area contributed by atoms with Gasteiger partial charge in [-0.05, 0) is 37.1 Å². The number of rotatable bonds is 6. The van der Waals surface area contributed by atoms with Crippen molar-refractivity contribution in [2.45, 2.75) is 26.3 Å². The van der Waals surface area contributed by atoms with Crippen LogP contribution in [-0.4, -0.2) is 56.1 Å². The van der Waals surface area contributed by atoms with E-state index in [1.54, 1.807) is 14.2 Å². The second-order valence-electron chi connectivity index (χ2n) is 7.35. The molecule has 1 aliphatic rings. The number of carbonyl (C=O) groups is 1. The molecule has 1 fully saturated rings. The highest BCUT2D eigenvalue weighted by Gasteiger charge is 2.20. The van der Waals surface area contributed by atoms with E-state index in [1.165, 1.54) is 5.56 Å².